The van der Waals surface area contributed by atoms with Crippen LogP contribution < -0.4 is 5.32 Å². The molecule has 1 aliphatic rings. The van der Waals surface area contributed by atoms with E-state index in [4.69, 9.17) is 0 Å². The number of halogens is 1. The Morgan fingerprint density at radius 2 is 2.21 bits per heavy atom. The summed E-state index contributed by atoms with van der Waals surface area (Å²) in [6.45, 7) is 1.03. The molecule has 1 aromatic rings. The van der Waals surface area contributed by atoms with Gasteiger partial charge in [0.1, 0.15) is 0 Å². The first-order chi connectivity index (χ1) is 6.84. The van der Waals surface area contributed by atoms with Crippen molar-refractivity contribution in [2.24, 2.45) is 0 Å². The summed E-state index contributed by atoms with van der Waals surface area (Å²) in [5, 5.41) is 5.84. The van der Waals surface area contributed by atoms with Gasteiger partial charge in [-0.2, -0.15) is 11.8 Å². The molecule has 0 unspecified atom stereocenters. The van der Waals surface area contributed by atoms with E-state index >= 15 is 0 Å². The predicted molar refractivity (Wildman–Crippen MR) is 69.2 cm³/mol. The molecule has 1 fully saturated rings. The molecule has 1 aliphatic heterocycles. The molecule has 2 heterocycles. The monoisotopic (exact) mass is 291 g/mol. The number of thiophene rings is 1. The number of nitrogens with one attached hydrogen (secondary N) is 1. The van der Waals surface area contributed by atoms with Crippen LogP contribution in [-0.4, -0.2) is 17.5 Å². The van der Waals surface area contributed by atoms with Crippen molar-refractivity contribution < 1.29 is 0 Å². The van der Waals surface area contributed by atoms with E-state index in [0.717, 1.165) is 12.6 Å². The third kappa shape index (κ3) is 3.26. The fourth-order valence-corrected chi connectivity index (χ4v) is 3.92. The second-order valence-corrected chi connectivity index (χ2v) is 7.04. The Labute approximate surface area is 102 Å². The molecule has 2 rings (SSSR count). The van der Waals surface area contributed by atoms with E-state index in [-0.39, 0.29) is 0 Å². The summed E-state index contributed by atoms with van der Waals surface area (Å²) in [6, 6.07) is 2.95. The van der Waals surface area contributed by atoms with Gasteiger partial charge in [0.25, 0.3) is 0 Å². The van der Waals surface area contributed by atoms with Crippen LogP contribution in [0.15, 0.2) is 15.2 Å². The summed E-state index contributed by atoms with van der Waals surface area (Å²) < 4.78 is 1.23. The summed E-state index contributed by atoms with van der Waals surface area (Å²) in [7, 11) is 0. The molecule has 0 saturated carbocycles. The first-order valence-electron chi connectivity index (χ1n) is 4.88. The van der Waals surface area contributed by atoms with E-state index in [1.165, 1.54) is 33.7 Å². The van der Waals surface area contributed by atoms with E-state index in [0.29, 0.717) is 0 Å². The molecule has 0 aromatic carbocycles. The summed E-state index contributed by atoms with van der Waals surface area (Å²) >= 11 is 7.33. The lowest BCUT2D eigenvalue weighted by Crippen LogP contribution is -2.31. The highest BCUT2D eigenvalue weighted by Crippen LogP contribution is 2.21. The molecular formula is C10H14BrNS2. The first-order valence-corrected chi connectivity index (χ1v) is 7.71. The molecule has 4 heteroatoms. The Morgan fingerprint density at radius 1 is 1.43 bits per heavy atom. The molecule has 1 saturated heterocycles. The van der Waals surface area contributed by atoms with Crippen LogP contribution in [0.4, 0.5) is 0 Å². The molecule has 0 atom stereocenters. The quantitative estimate of drug-likeness (QED) is 0.915. The molecular weight excluding hydrogens is 278 g/mol. The molecule has 0 spiro atoms. The first kappa shape index (κ1) is 11.0. The Bertz CT molecular complexity index is 281. The van der Waals surface area contributed by atoms with Gasteiger partial charge in [-0.1, -0.05) is 0 Å². The second kappa shape index (κ2) is 5.54. The Kier molecular flexibility index (Phi) is 4.35. The third-order valence-electron chi connectivity index (χ3n) is 2.44. The number of hydrogen-bond donors (Lipinski definition) is 1. The number of rotatable bonds is 3. The second-order valence-electron chi connectivity index (χ2n) is 3.53. The minimum Gasteiger partial charge on any atom is -0.310 e. The molecule has 1 N–H and O–H groups in total. The van der Waals surface area contributed by atoms with Crippen LogP contribution in [0.25, 0.3) is 0 Å². The van der Waals surface area contributed by atoms with E-state index < -0.39 is 0 Å². The van der Waals surface area contributed by atoms with E-state index in [9.17, 15) is 0 Å². The van der Waals surface area contributed by atoms with Crippen molar-refractivity contribution in [1.82, 2.24) is 5.32 Å². The highest BCUT2D eigenvalue weighted by atomic mass is 79.9. The zero-order valence-corrected chi connectivity index (χ0v) is 11.2. The van der Waals surface area contributed by atoms with Crippen LogP contribution in [-0.2, 0) is 6.54 Å². The molecule has 0 amide bonds. The van der Waals surface area contributed by atoms with Crippen LogP contribution in [0.5, 0.6) is 0 Å². The highest BCUT2D eigenvalue weighted by molar-refractivity contribution is 9.11. The lowest BCUT2D eigenvalue weighted by atomic mass is 10.1. The van der Waals surface area contributed by atoms with Gasteiger partial charge >= 0.3 is 0 Å². The number of thioether (sulfide) groups is 1. The van der Waals surface area contributed by atoms with Gasteiger partial charge in [0.2, 0.25) is 0 Å². The van der Waals surface area contributed by atoms with Crippen LogP contribution in [0, 0.1) is 0 Å². The van der Waals surface area contributed by atoms with Crippen LogP contribution >= 0.6 is 39.0 Å². The predicted octanol–water partition coefficient (Wildman–Crippen LogP) is 3.50. The van der Waals surface area contributed by atoms with Crippen molar-refractivity contribution in [3.8, 4) is 0 Å². The molecule has 0 aliphatic carbocycles. The van der Waals surface area contributed by atoms with Gasteiger partial charge in [0, 0.05) is 12.6 Å². The van der Waals surface area contributed by atoms with E-state index in [1.54, 1.807) is 11.3 Å². The molecule has 0 bridgehead atoms. The zero-order chi connectivity index (χ0) is 9.80. The van der Waals surface area contributed by atoms with Crippen molar-refractivity contribution in [3.63, 3.8) is 0 Å². The maximum absolute atomic E-state index is 3.62. The van der Waals surface area contributed by atoms with Crippen molar-refractivity contribution in [3.05, 3.63) is 20.8 Å². The van der Waals surface area contributed by atoms with Gasteiger partial charge in [-0.3, -0.25) is 0 Å². The average molecular weight is 292 g/mol. The largest absolute Gasteiger partial charge is 0.310 e. The lowest BCUT2D eigenvalue weighted by molar-refractivity contribution is 0.482. The van der Waals surface area contributed by atoms with E-state index in [1.807, 2.05) is 0 Å². The SMILES string of the molecule is Brc1cc(CNC2CCSCC2)cs1. The molecule has 1 aromatic heterocycles. The summed E-state index contributed by atoms with van der Waals surface area (Å²) in [4.78, 5) is 0. The summed E-state index contributed by atoms with van der Waals surface area (Å²) in [5.41, 5.74) is 1.40. The van der Waals surface area contributed by atoms with E-state index in [2.05, 4.69) is 44.5 Å². The minimum atomic E-state index is 0.745. The summed E-state index contributed by atoms with van der Waals surface area (Å²) in [5.74, 6) is 2.65. The molecule has 0 radical (unpaired) electrons. The van der Waals surface area contributed by atoms with Crippen molar-refractivity contribution in [2.45, 2.75) is 25.4 Å². The fraction of sp³-hybridized carbons (Fsp3) is 0.600. The maximum atomic E-state index is 3.62. The average Bonchev–Trinajstić information content (AvgIpc) is 2.63. The Morgan fingerprint density at radius 3 is 2.86 bits per heavy atom. The van der Waals surface area contributed by atoms with Crippen molar-refractivity contribution in [2.75, 3.05) is 11.5 Å². The van der Waals surface area contributed by atoms with Gasteiger partial charge in [0.15, 0.2) is 0 Å². The zero-order valence-electron chi connectivity index (χ0n) is 7.96. The minimum absolute atomic E-state index is 0.745. The lowest BCUT2D eigenvalue weighted by Gasteiger charge is -2.22. The Balaban J connectivity index is 1.76. The smallest absolute Gasteiger partial charge is 0.0701 e. The third-order valence-corrected chi connectivity index (χ3v) is 5.04. The molecule has 78 valence electrons. The van der Waals surface area contributed by atoms with Gasteiger partial charge < -0.3 is 5.32 Å². The Hall–Kier alpha value is 0.490. The van der Waals surface area contributed by atoms with Crippen molar-refractivity contribution >= 4 is 39.0 Å². The van der Waals surface area contributed by atoms with Crippen LogP contribution in [0.3, 0.4) is 0 Å². The summed E-state index contributed by atoms with van der Waals surface area (Å²) in [6.07, 6.45) is 2.66. The van der Waals surface area contributed by atoms with Gasteiger partial charge in [-0.25, -0.2) is 0 Å². The van der Waals surface area contributed by atoms with Gasteiger partial charge in [-0.15, -0.1) is 11.3 Å². The maximum Gasteiger partial charge on any atom is 0.0701 e. The van der Waals surface area contributed by atoms with Crippen LogP contribution in [0.2, 0.25) is 0 Å². The highest BCUT2D eigenvalue weighted by Gasteiger charge is 2.12. The fourth-order valence-electron chi connectivity index (χ4n) is 1.60. The van der Waals surface area contributed by atoms with Crippen LogP contribution in [0.1, 0.15) is 18.4 Å². The van der Waals surface area contributed by atoms with Gasteiger partial charge in [0.05, 0.1) is 3.79 Å². The molecule has 1 nitrogen and oxygen atoms in total. The van der Waals surface area contributed by atoms with Crippen molar-refractivity contribution in [1.29, 1.82) is 0 Å². The van der Waals surface area contributed by atoms with Gasteiger partial charge in [-0.05, 0) is 57.3 Å². The normalized spacial score (nSPS) is 18.6. The standard InChI is InChI=1S/C10H14BrNS2/c11-10-5-8(7-14-10)6-12-9-1-3-13-4-2-9/h5,7,9,12H,1-4,6H2. The molecule has 14 heavy (non-hydrogen) atoms. The number of hydrogen-bond acceptors (Lipinski definition) is 3. The topological polar surface area (TPSA) is 12.0 Å².